The molecule has 86 valence electrons. The molecular weight excluding hydrogens is 200 g/mol. The fraction of sp³-hybridized carbons (Fsp3) is 0.333. The predicted molar refractivity (Wildman–Crippen MR) is 55.5 cm³/mol. The second-order valence-corrected chi connectivity index (χ2v) is 2.56. The molecule has 6 heteroatoms. The highest BCUT2D eigenvalue weighted by Crippen LogP contribution is 1.86. The first-order valence-corrected chi connectivity index (χ1v) is 4.02. The summed E-state index contributed by atoms with van der Waals surface area (Å²) in [5, 5.41) is 16.3. The number of hydrogen-bond donors (Lipinski definition) is 4. The zero-order valence-corrected chi connectivity index (χ0v) is 8.56. The number of nitrogens with two attached hydrogens (primary N) is 2. The fourth-order valence-corrected chi connectivity index (χ4v) is 0.315. The lowest BCUT2D eigenvalue weighted by atomic mass is 10.3. The van der Waals surface area contributed by atoms with Crippen LogP contribution < -0.4 is 11.5 Å². The molecule has 0 fully saturated rings. The molecule has 0 saturated carbocycles. The summed E-state index contributed by atoms with van der Waals surface area (Å²) in [6.45, 7) is 4.22. The SMILES string of the molecule is C/C(=C\CO)C(N)=O.C=C(CO)C(N)=O. The van der Waals surface area contributed by atoms with Gasteiger partial charge in [0, 0.05) is 11.1 Å². The maximum Gasteiger partial charge on any atom is 0.246 e. The molecule has 0 saturated heterocycles. The van der Waals surface area contributed by atoms with Gasteiger partial charge in [-0.3, -0.25) is 9.59 Å². The minimum atomic E-state index is -0.650. The van der Waals surface area contributed by atoms with E-state index < -0.39 is 11.8 Å². The molecule has 2 amide bonds. The van der Waals surface area contributed by atoms with Crippen molar-refractivity contribution >= 4 is 11.8 Å². The van der Waals surface area contributed by atoms with E-state index in [0.717, 1.165) is 0 Å². The van der Waals surface area contributed by atoms with Gasteiger partial charge in [0.15, 0.2) is 0 Å². The van der Waals surface area contributed by atoms with Crippen molar-refractivity contribution in [1.82, 2.24) is 0 Å². The Hall–Kier alpha value is -1.66. The van der Waals surface area contributed by atoms with E-state index in [0.29, 0.717) is 5.57 Å². The van der Waals surface area contributed by atoms with Gasteiger partial charge in [0.2, 0.25) is 11.8 Å². The summed E-state index contributed by atoms with van der Waals surface area (Å²) in [6, 6.07) is 0. The minimum absolute atomic E-state index is 0.0417. The van der Waals surface area contributed by atoms with Crippen molar-refractivity contribution in [2.24, 2.45) is 11.5 Å². The van der Waals surface area contributed by atoms with Crippen molar-refractivity contribution in [1.29, 1.82) is 0 Å². The van der Waals surface area contributed by atoms with Crippen LogP contribution in [0.4, 0.5) is 0 Å². The summed E-state index contributed by atoms with van der Waals surface area (Å²) in [4.78, 5) is 20.0. The van der Waals surface area contributed by atoms with Gasteiger partial charge in [0.25, 0.3) is 0 Å². The lowest BCUT2D eigenvalue weighted by Crippen LogP contribution is -2.14. The lowest BCUT2D eigenvalue weighted by molar-refractivity contribution is -0.115. The Morgan fingerprint density at radius 3 is 1.80 bits per heavy atom. The van der Waals surface area contributed by atoms with Gasteiger partial charge in [-0.2, -0.15) is 0 Å². The Balaban J connectivity index is 0. The van der Waals surface area contributed by atoms with Gasteiger partial charge in [0.1, 0.15) is 0 Å². The van der Waals surface area contributed by atoms with Crippen LogP contribution in [0.3, 0.4) is 0 Å². The molecule has 0 spiro atoms. The van der Waals surface area contributed by atoms with Crippen molar-refractivity contribution in [3.05, 3.63) is 23.8 Å². The number of aliphatic hydroxyl groups excluding tert-OH is 2. The monoisotopic (exact) mass is 216 g/mol. The van der Waals surface area contributed by atoms with E-state index in [1.54, 1.807) is 6.92 Å². The summed E-state index contributed by atoms with van der Waals surface area (Å²) < 4.78 is 0. The molecule has 0 heterocycles. The van der Waals surface area contributed by atoms with Gasteiger partial charge in [-0.05, 0) is 6.92 Å². The number of rotatable bonds is 4. The Bertz CT molecular complexity index is 271. The van der Waals surface area contributed by atoms with Gasteiger partial charge in [-0.25, -0.2) is 0 Å². The normalized spacial score (nSPS) is 9.93. The van der Waals surface area contributed by atoms with Crippen LogP contribution in [0.15, 0.2) is 23.8 Å². The van der Waals surface area contributed by atoms with Crippen LogP contribution >= 0.6 is 0 Å². The van der Waals surface area contributed by atoms with E-state index >= 15 is 0 Å². The van der Waals surface area contributed by atoms with E-state index in [-0.39, 0.29) is 18.8 Å². The Morgan fingerprint density at radius 2 is 1.73 bits per heavy atom. The van der Waals surface area contributed by atoms with Crippen LogP contribution in [0.2, 0.25) is 0 Å². The summed E-state index contributed by atoms with van der Waals surface area (Å²) in [5.74, 6) is -1.14. The van der Waals surface area contributed by atoms with E-state index in [2.05, 4.69) is 12.3 Å². The first-order valence-electron chi connectivity index (χ1n) is 4.02. The molecule has 0 rings (SSSR count). The third-order valence-electron chi connectivity index (χ3n) is 1.33. The summed E-state index contributed by atoms with van der Waals surface area (Å²) in [6.07, 6.45) is 1.36. The topological polar surface area (TPSA) is 127 Å². The van der Waals surface area contributed by atoms with Crippen LogP contribution in [0.5, 0.6) is 0 Å². The van der Waals surface area contributed by atoms with Crippen molar-refractivity contribution in [3.63, 3.8) is 0 Å². The molecule has 6 nitrogen and oxygen atoms in total. The highest BCUT2D eigenvalue weighted by atomic mass is 16.3. The molecule has 0 atom stereocenters. The molecule has 0 aliphatic rings. The van der Waals surface area contributed by atoms with Gasteiger partial charge < -0.3 is 21.7 Å². The molecule has 0 aliphatic carbocycles. The van der Waals surface area contributed by atoms with Crippen molar-refractivity contribution in [2.45, 2.75) is 6.92 Å². The van der Waals surface area contributed by atoms with E-state index in [1.807, 2.05) is 0 Å². The molecule has 6 N–H and O–H groups in total. The van der Waals surface area contributed by atoms with Crippen LogP contribution in [0.1, 0.15) is 6.92 Å². The third kappa shape index (κ3) is 10.3. The van der Waals surface area contributed by atoms with Crippen molar-refractivity contribution in [3.8, 4) is 0 Å². The van der Waals surface area contributed by atoms with Crippen molar-refractivity contribution in [2.75, 3.05) is 13.2 Å². The van der Waals surface area contributed by atoms with Crippen LogP contribution in [0, 0.1) is 0 Å². The first-order chi connectivity index (χ1) is 6.86. The smallest absolute Gasteiger partial charge is 0.246 e. The van der Waals surface area contributed by atoms with Gasteiger partial charge >= 0.3 is 0 Å². The fourth-order valence-electron chi connectivity index (χ4n) is 0.315. The summed E-state index contributed by atoms with van der Waals surface area (Å²) in [5.41, 5.74) is 9.89. The van der Waals surface area contributed by atoms with Gasteiger partial charge in [-0.1, -0.05) is 12.7 Å². The maximum atomic E-state index is 10.1. The standard InChI is InChI=1S/C5H9NO2.C4H7NO2/c1-4(2-3-7)5(6)8;1-3(2-6)4(5)7/h2,7H,3H2,1H3,(H2,6,8);6H,1-2H2,(H2,5,7)/b4-2+;. The Kier molecular flexibility index (Phi) is 9.39. The molecule has 0 unspecified atom stereocenters. The minimum Gasteiger partial charge on any atom is -0.392 e. The van der Waals surface area contributed by atoms with E-state index in [4.69, 9.17) is 15.9 Å². The Morgan fingerprint density at radius 1 is 1.27 bits per heavy atom. The van der Waals surface area contributed by atoms with Crippen LogP contribution in [-0.4, -0.2) is 35.2 Å². The molecule has 0 radical (unpaired) electrons. The van der Waals surface area contributed by atoms with Crippen molar-refractivity contribution < 1.29 is 19.8 Å². The zero-order chi connectivity index (χ0) is 12.4. The van der Waals surface area contributed by atoms with E-state index in [9.17, 15) is 9.59 Å². The Labute approximate surface area is 87.9 Å². The molecule has 0 aromatic carbocycles. The number of amides is 2. The largest absolute Gasteiger partial charge is 0.392 e. The summed E-state index contributed by atoms with van der Waals surface area (Å²) >= 11 is 0. The third-order valence-corrected chi connectivity index (χ3v) is 1.33. The van der Waals surface area contributed by atoms with Crippen LogP contribution in [0.25, 0.3) is 0 Å². The number of carbonyl (C=O) groups is 2. The van der Waals surface area contributed by atoms with Gasteiger partial charge in [0.05, 0.1) is 13.2 Å². The van der Waals surface area contributed by atoms with Gasteiger partial charge in [-0.15, -0.1) is 0 Å². The second kappa shape index (κ2) is 8.92. The highest BCUT2D eigenvalue weighted by molar-refractivity contribution is 5.91. The molecule has 0 aromatic heterocycles. The zero-order valence-electron chi connectivity index (χ0n) is 8.56. The number of aliphatic hydroxyl groups is 2. The number of hydrogen-bond acceptors (Lipinski definition) is 4. The molecule has 0 bridgehead atoms. The maximum absolute atomic E-state index is 10.1. The van der Waals surface area contributed by atoms with Crippen LogP contribution in [-0.2, 0) is 9.59 Å². The van der Waals surface area contributed by atoms with E-state index in [1.165, 1.54) is 6.08 Å². The second-order valence-electron chi connectivity index (χ2n) is 2.56. The molecule has 0 aliphatic heterocycles. The first kappa shape index (κ1) is 15.8. The number of carbonyl (C=O) groups excluding carboxylic acids is 2. The molecule has 0 aromatic rings. The summed E-state index contributed by atoms with van der Waals surface area (Å²) in [7, 11) is 0. The predicted octanol–water partition coefficient (Wildman–Crippen LogP) is -1.57. The molecular formula is C9H16N2O4. The number of primary amides is 2. The average molecular weight is 216 g/mol. The molecule has 15 heavy (non-hydrogen) atoms. The quantitative estimate of drug-likeness (QED) is 0.423. The lowest BCUT2D eigenvalue weighted by Gasteiger charge is -1.88. The average Bonchev–Trinajstić information content (AvgIpc) is 2.17. The highest BCUT2D eigenvalue weighted by Gasteiger charge is 1.95.